The molecule has 0 heterocycles. The molecule has 0 aromatic carbocycles. The average molecular weight is 185 g/mol. The SMILES string of the molecule is C=C(C)C(=O)NOCCCCCC. The first-order valence-corrected chi connectivity index (χ1v) is 4.76. The van der Waals surface area contributed by atoms with E-state index >= 15 is 0 Å². The third-order valence-electron chi connectivity index (χ3n) is 1.65. The predicted molar refractivity (Wildman–Crippen MR) is 53.1 cm³/mol. The molecular formula is C10H19NO2. The van der Waals surface area contributed by atoms with Crippen molar-refractivity contribution in [2.24, 2.45) is 0 Å². The van der Waals surface area contributed by atoms with E-state index in [0.717, 1.165) is 12.8 Å². The summed E-state index contributed by atoms with van der Waals surface area (Å²) >= 11 is 0. The van der Waals surface area contributed by atoms with Crippen LogP contribution in [0.4, 0.5) is 0 Å². The summed E-state index contributed by atoms with van der Waals surface area (Å²) < 4.78 is 0. The Morgan fingerprint density at radius 1 is 1.38 bits per heavy atom. The first-order valence-electron chi connectivity index (χ1n) is 4.76. The largest absolute Gasteiger partial charge is 0.273 e. The Labute approximate surface area is 80.1 Å². The van der Waals surface area contributed by atoms with Gasteiger partial charge >= 0.3 is 0 Å². The van der Waals surface area contributed by atoms with Gasteiger partial charge < -0.3 is 0 Å². The molecule has 0 radical (unpaired) electrons. The van der Waals surface area contributed by atoms with Crippen LogP contribution in [-0.2, 0) is 9.63 Å². The van der Waals surface area contributed by atoms with E-state index in [-0.39, 0.29) is 5.91 Å². The molecule has 1 N–H and O–H groups in total. The van der Waals surface area contributed by atoms with E-state index < -0.39 is 0 Å². The minimum absolute atomic E-state index is 0.240. The van der Waals surface area contributed by atoms with Crippen molar-refractivity contribution in [2.75, 3.05) is 6.61 Å². The Balaban J connectivity index is 3.16. The van der Waals surface area contributed by atoms with Crippen molar-refractivity contribution in [3.63, 3.8) is 0 Å². The summed E-state index contributed by atoms with van der Waals surface area (Å²) in [5.74, 6) is -0.240. The molecule has 0 rings (SSSR count). The van der Waals surface area contributed by atoms with E-state index in [2.05, 4.69) is 19.0 Å². The van der Waals surface area contributed by atoms with Gasteiger partial charge in [-0.05, 0) is 13.3 Å². The van der Waals surface area contributed by atoms with E-state index in [1.165, 1.54) is 12.8 Å². The van der Waals surface area contributed by atoms with Crippen LogP contribution in [0.3, 0.4) is 0 Å². The van der Waals surface area contributed by atoms with E-state index in [1.807, 2.05) is 0 Å². The molecular weight excluding hydrogens is 166 g/mol. The smallest absolute Gasteiger partial charge is 0.269 e. The van der Waals surface area contributed by atoms with Crippen molar-refractivity contribution < 1.29 is 9.63 Å². The molecule has 0 aromatic rings. The lowest BCUT2D eigenvalue weighted by molar-refractivity contribution is -0.129. The van der Waals surface area contributed by atoms with Gasteiger partial charge in [0.05, 0.1) is 6.61 Å². The minimum Gasteiger partial charge on any atom is -0.273 e. The fourth-order valence-electron chi connectivity index (χ4n) is 0.805. The molecule has 3 heteroatoms. The molecule has 0 spiro atoms. The highest BCUT2D eigenvalue weighted by molar-refractivity contribution is 5.91. The number of amides is 1. The summed E-state index contributed by atoms with van der Waals surface area (Å²) in [6, 6.07) is 0. The highest BCUT2D eigenvalue weighted by Gasteiger charge is 1.99. The Bertz CT molecular complexity index is 166. The Morgan fingerprint density at radius 3 is 2.62 bits per heavy atom. The molecule has 1 amide bonds. The van der Waals surface area contributed by atoms with Crippen LogP contribution in [0.1, 0.15) is 39.5 Å². The van der Waals surface area contributed by atoms with Gasteiger partial charge in [-0.25, -0.2) is 5.48 Å². The zero-order valence-electron chi connectivity index (χ0n) is 8.56. The van der Waals surface area contributed by atoms with Gasteiger partial charge in [0.2, 0.25) is 0 Å². The van der Waals surface area contributed by atoms with Crippen molar-refractivity contribution in [3.8, 4) is 0 Å². The molecule has 0 unspecified atom stereocenters. The zero-order chi connectivity index (χ0) is 10.1. The maximum atomic E-state index is 10.9. The highest BCUT2D eigenvalue weighted by atomic mass is 16.6. The molecule has 0 saturated heterocycles. The highest BCUT2D eigenvalue weighted by Crippen LogP contribution is 1.98. The number of carbonyl (C=O) groups excluding carboxylic acids is 1. The maximum absolute atomic E-state index is 10.9. The van der Waals surface area contributed by atoms with Crippen molar-refractivity contribution >= 4 is 5.91 Å². The fraction of sp³-hybridized carbons (Fsp3) is 0.700. The van der Waals surface area contributed by atoms with Gasteiger partial charge in [-0.1, -0.05) is 32.8 Å². The monoisotopic (exact) mass is 185 g/mol. The second-order valence-electron chi connectivity index (χ2n) is 3.12. The van der Waals surface area contributed by atoms with E-state index in [4.69, 9.17) is 4.84 Å². The normalized spacial score (nSPS) is 9.69. The van der Waals surface area contributed by atoms with Crippen LogP contribution in [0.5, 0.6) is 0 Å². The lowest BCUT2D eigenvalue weighted by Crippen LogP contribution is -2.24. The molecule has 0 atom stereocenters. The summed E-state index contributed by atoms with van der Waals surface area (Å²) in [5.41, 5.74) is 2.79. The van der Waals surface area contributed by atoms with Gasteiger partial charge in [0.1, 0.15) is 0 Å². The average Bonchev–Trinajstić information content (AvgIpc) is 2.10. The zero-order valence-corrected chi connectivity index (χ0v) is 8.56. The molecule has 0 saturated carbocycles. The molecule has 76 valence electrons. The lowest BCUT2D eigenvalue weighted by Gasteiger charge is -2.04. The summed E-state index contributed by atoms with van der Waals surface area (Å²) in [4.78, 5) is 15.8. The minimum atomic E-state index is -0.240. The standard InChI is InChI=1S/C10H19NO2/c1-4-5-6-7-8-13-11-10(12)9(2)3/h2,4-8H2,1,3H3,(H,11,12). The number of nitrogens with one attached hydrogen (secondary N) is 1. The first kappa shape index (κ1) is 12.2. The molecule has 0 aliphatic rings. The third-order valence-corrected chi connectivity index (χ3v) is 1.65. The van der Waals surface area contributed by atoms with Gasteiger partial charge in [0, 0.05) is 5.57 Å². The second-order valence-corrected chi connectivity index (χ2v) is 3.12. The molecule has 3 nitrogen and oxygen atoms in total. The number of unbranched alkanes of at least 4 members (excludes halogenated alkanes) is 3. The number of hydrogen-bond donors (Lipinski definition) is 1. The maximum Gasteiger partial charge on any atom is 0.269 e. The molecule has 13 heavy (non-hydrogen) atoms. The molecule has 0 aliphatic carbocycles. The van der Waals surface area contributed by atoms with Crippen molar-refractivity contribution in [2.45, 2.75) is 39.5 Å². The van der Waals surface area contributed by atoms with Crippen LogP contribution in [0, 0.1) is 0 Å². The number of rotatable bonds is 7. The van der Waals surface area contributed by atoms with E-state index in [1.54, 1.807) is 6.92 Å². The Morgan fingerprint density at radius 2 is 2.08 bits per heavy atom. The van der Waals surface area contributed by atoms with Gasteiger partial charge in [-0.15, -0.1) is 0 Å². The van der Waals surface area contributed by atoms with Gasteiger partial charge in [-0.2, -0.15) is 0 Å². The third kappa shape index (κ3) is 7.53. The van der Waals surface area contributed by atoms with Crippen LogP contribution in [-0.4, -0.2) is 12.5 Å². The van der Waals surface area contributed by atoms with Crippen LogP contribution in [0.25, 0.3) is 0 Å². The van der Waals surface area contributed by atoms with Crippen molar-refractivity contribution in [1.82, 2.24) is 5.48 Å². The van der Waals surface area contributed by atoms with E-state index in [9.17, 15) is 4.79 Å². The molecule has 0 bridgehead atoms. The van der Waals surface area contributed by atoms with Gasteiger partial charge in [0.25, 0.3) is 5.91 Å². The lowest BCUT2D eigenvalue weighted by atomic mass is 10.2. The summed E-state index contributed by atoms with van der Waals surface area (Å²) in [6.45, 7) is 7.88. The topological polar surface area (TPSA) is 38.3 Å². The Hall–Kier alpha value is -0.830. The van der Waals surface area contributed by atoms with Crippen molar-refractivity contribution in [3.05, 3.63) is 12.2 Å². The quantitative estimate of drug-likeness (QED) is 0.375. The van der Waals surface area contributed by atoms with Crippen LogP contribution in [0.2, 0.25) is 0 Å². The van der Waals surface area contributed by atoms with Gasteiger partial charge in [-0.3, -0.25) is 9.63 Å². The van der Waals surface area contributed by atoms with E-state index in [0.29, 0.717) is 12.2 Å². The van der Waals surface area contributed by atoms with Crippen LogP contribution < -0.4 is 5.48 Å². The number of carbonyl (C=O) groups is 1. The first-order chi connectivity index (χ1) is 6.18. The molecule has 0 aromatic heterocycles. The fourth-order valence-corrected chi connectivity index (χ4v) is 0.805. The van der Waals surface area contributed by atoms with Crippen molar-refractivity contribution in [1.29, 1.82) is 0 Å². The molecule has 0 fully saturated rings. The number of hydroxylamine groups is 1. The molecule has 0 aliphatic heterocycles. The Kier molecular flexibility index (Phi) is 7.30. The second kappa shape index (κ2) is 7.80. The summed E-state index contributed by atoms with van der Waals surface area (Å²) in [6.07, 6.45) is 4.57. The van der Waals surface area contributed by atoms with Crippen LogP contribution in [0.15, 0.2) is 12.2 Å². The van der Waals surface area contributed by atoms with Gasteiger partial charge in [0.15, 0.2) is 0 Å². The number of hydrogen-bond acceptors (Lipinski definition) is 2. The summed E-state index contributed by atoms with van der Waals surface area (Å²) in [7, 11) is 0. The summed E-state index contributed by atoms with van der Waals surface area (Å²) in [5, 5.41) is 0. The predicted octanol–water partition coefficient (Wildman–Crippen LogP) is 2.19. The van der Waals surface area contributed by atoms with Crippen LogP contribution >= 0.6 is 0 Å².